The summed E-state index contributed by atoms with van der Waals surface area (Å²) in [6.07, 6.45) is -9.16. The third-order valence-corrected chi connectivity index (χ3v) is 0.873. The van der Waals surface area contributed by atoms with Crippen LogP contribution in [-0.2, 0) is 9.53 Å². The largest absolute Gasteiger partial charge is 0.428 e. The first kappa shape index (κ1) is 12.7. The normalized spacial score (nSPS) is 11.4. The van der Waals surface area contributed by atoms with Crippen molar-refractivity contribution in [3.05, 3.63) is 11.7 Å². The van der Waals surface area contributed by atoms with E-state index in [9.17, 15) is 35.5 Å². The molecule has 0 aliphatic heterocycles. The van der Waals surface area contributed by atoms with Crippen molar-refractivity contribution >= 4 is 5.97 Å². The molecule has 0 radical (unpaired) electrons. The van der Waals surface area contributed by atoms with Gasteiger partial charge in [-0.1, -0.05) is 0 Å². The Morgan fingerprint density at radius 2 is 1.57 bits per heavy atom. The number of carbonyl (C=O) groups is 1. The van der Waals surface area contributed by atoms with E-state index in [0.717, 1.165) is 0 Å². The molecular weight excluding hydrogens is 225 g/mol. The fraction of sp³-hybridized carbons (Fsp3) is 0.400. The van der Waals surface area contributed by atoms with Crippen molar-refractivity contribution < 1.29 is 40.3 Å². The molecule has 0 bridgehead atoms. The Labute approximate surface area is 71.9 Å². The summed E-state index contributed by atoms with van der Waals surface area (Å²) >= 11 is 0. The van der Waals surface area contributed by atoms with Gasteiger partial charge >= 0.3 is 18.8 Å². The molecule has 82 valence electrons. The van der Waals surface area contributed by atoms with Crippen LogP contribution in [0.2, 0.25) is 0 Å². The first-order chi connectivity index (χ1) is 6.16. The topological polar surface area (TPSA) is 26.3 Å². The van der Waals surface area contributed by atoms with E-state index in [2.05, 4.69) is 4.74 Å². The van der Waals surface area contributed by atoms with Gasteiger partial charge in [0.05, 0.1) is 0 Å². The molecule has 0 atom stereocenters. The highest BCUT2D eigenvalue weighted by Crippen LogP contribution is 2.30. The predicted molar refractivity (Wildman–Crippen MR) is 27.4 cm³/mol. The maximum absolute atomic E-state index is 11.6. The molecule has 0 aromatic rings. The second-order valence-electron chi connectivity index (χ2n) is 1.80. The molecule has 0 aromatic carbocycles. The van der Waals surface area contributed by atoms with Crippen LogP contribution in [0.25, 0.3) is 0 Å². The van der Waals surface area contributed by atoms with Crippen molar-refractivity contribution in [1.29, 1.82) is 0 Å². The molecule has 0 unspecified atom stereocenters. The molecule has 0 aliphatic carbocycles. The van der Waals surface area contributed by atoms with Crippen molar-refractivity contribution in [2.24, 2.45) is 0 Å². The first-order valence-electron chi connectivity index (χ1n) is 2.78. The summed E-state index contributed by atoms with van der Waals surface area (Å²) in [6.45, 7) is -3.89. The molecule has 0 heterocycles. The van der Waals surface area contributed by atoms with Crippen molar-refractivity contribution in [2.45, 2.75) is 12.8 Å². The van der Waals surface area contributed by atoms with Crippen molar-refractivity contribution in [3.8, 4) is 0 Å². The summed E-state index contributed by atoms with van der Waals surface area (Å²) in [5, 5.41) is 0. The number of ether oxygens (including phenoxy) is 1. The molecule has 0 aromatic heterocycles. The lowest BCUT2D eigenvalue weighted by atomic mass is 10.3. The monoisotopic (exact) mass is 226 g/mol. The van der Waals surface area contributed by atoms with Crippen LogP contribution in [0.4, 0.5) is 30.7 Å². The number of hydrogen-bond acceptors (Lipinski definition) is 2. The lowest BCUT2D eigenvalue weighted by molar-refractivity contribution is -0.180. The molecule has 0 fully saturated rings. The van der Waals surface area contributed by atoms with Gasteiger partial charge in [-0.25, -0.2) is 4.79 Å². The van der Waals surface area contributed by atoms with Gasteiger partial charge in [0.25, 0.3) is 6.08 Å². The Hall–Kier alpha value is -1.28. The molecule has 0 amide bonds. The molecular formula is C5HF7O2. The van der Waals surface area contributed by atoms with Crippen molar-refractivity contribution in [2.75, 3.05) is 0 Å². The van der Waals surface area contributed by atoms with E-state index >= 15 is 0 Å². The average Bonchev–Trinajstić information content (AvgIpc) is 1.78. The van der Waals surface area contributed by atoms with E-state index in [1.807, 2.05) is 0 Å². The van der Waals surface area contributed by atoms with Gasteiger partial charge < -0.3 is 4.74 Å². The zero-order valence-corrected chi connectivity index (χ0v) is 6.04. The zero-order chi connectivity index (χ0) is 11.5. The quantitative estimate of drug-likeness (QED) is 0.410. The lowest BCUT2D eigenvalue weighted by Gasteiger charge is -2.08. The predicted octanol–water partition coefficient (Wildman–Crippen LogP) is 2.47. The van der Waals surface area contributed by atoms with Crippen LogP contribution in [0, 0.1) is 0 Å². The minimum Gasteiger partial charge on any atom is -0.399 e. The number of carbonyl (C=O) groups excluding carboxylic acids is 1. The van der Waals surface area contributed by atoms with Gasteiger partial charge in [0, 0.05) is 0 Å². The summed E-state index contributed by atoms with van der Waals surface area (Å²) in [4.78, 5) is 10.1. The minimum absolute atomic E-state index is 2.67. The maximum Gasteiger partial charge on any atom is 0.428 e. The Morgan fingerprint density at radius 3 is 1.79 bits per heavy atom. The van der Waals surface area contributed by atoms with Gasteiger partial charge in [-0.3, -0.25) is 0 Å². The smallest absolute Gasteiger partial charge is 0.399 e. The van der Waals surface area contributed by atoms with Crippen LogP contribution < -0.4 is 0 Å². The standard InChI is InChI=1S/C5HF7O2/c6-2(7)1(5(10,11)12)3(13)14-4(8)9/h4H. The Bertz CT molecular complexity index is 249. The van der Waals surface area contributed by atoms with E-state index in [1.165, 1.54) is 0 Å². The zero-order valence-electron chi connectivity index (χ0n) is 6.04. The van der Waals surface area contributed by atoms with Crippen LogP contribution in [0.3, 0.4) is 0 Å². The number of rotatable bonds is 2. The van der Waals surface area contributed by atoms with Gasteiger partial charge in [0.1, 0.15) is 0 Å². The van der Waals surface area contributed by atoms with Gasteiger partial charge in [-0.2, -0.15) is 30.7 Å². The van der Waals surface area contributed by atoms with E-state index < -0.39 is 30.4 Å². The number of halogens is 7. The van der Waals surface area contributed by atoms with Crippen LogP contribution in [0.5, 0.6) is 0 Å². The maximum atomic E-state index is 11.6. The van der Waals surface area contributed by atoms with Crippen molar-refractivity contribution in [1.82, 2.24) is 0 Å². The molecule has 0 N–H and O–H groups in total. The van der Waals surface area contributed by atoms with E-state index in [4.69, 9.17) is 0 Å². The number of esters is 1. The summed E-state index contributed by atoms with van der Waals surface area (Å²) < 4.78 is 82.9. The average molecular weight is 226 g/mol. The van der Waals surface area contributed by atoms with E-state index in [-0.39, 0.29) is 0 Å². The second-order valence-corrected chi connectivity index (χ2v) is 1.80. The van der Waals surface area contributed by atoms with E-state index in [0.29, 0.717) is 0 Å². The van der Waals surface area contributed by atoms with Crippen LogP contribution >= 0.6 is 0 Å². The fourth-order valence-electron chi connectivity index (χ4n) is 0.440. The fourth-order valence-corrected chi connectivity index (χ4v) is 0.440. The van der Waals surface area contributed by atoms with Gasteiger partial charge in [-0.05, 0) is 0 Å². The van der Waals surface area contributed by atoms with Crippen LogP contribution in [-0.4, -0.2) is 18.8 Å². The first-order valence-corrected chi connectivity index (χ1v) is 2.78. The summed E-state index contributed by atoms with van der Waals surface area (Å²) in [5.74, 6) is -2.81. The molecule has 14 heavy (non-hydrogen) atoms. The molecule has 9 heteroatoms. The van der Waals surface area contributed by atoms with Gasteiger partial charge in [-0.15, -0.1) is 0 Å². The Kier molecular flexibility index (Phi) is 3.90. The van der Waals surface area contributed by atoms with Gasteiger partial charge in [0.2, 0.25) is 5.57 Å². The third-order valence-electron chi connectivity index (χ3n) is 0.873. The Balaban J connectivity index is 4.90. The summed E-state index contributed by atoms with van der Waals surface area (Å²) in [5.41, 5.74) is -3.03. The molecule has 0 saturated heterocycles. The highest BCUT2D eigenvalue weighted by molar-refractivity contribution is 5.90. The molecule has 2 nitrogen and oxygen atoms in total. The Morgan fingerprint density at radius 1 is 1.14 bits per heavy atom. The van der Waals surface area contributed by atoms with Crippen LogP contribution in [0.15, 0.2) is 11.7 Å². The number of hydrogen-bond donors (Lipinski definition) is 0. The van der Waals surface area contributed by atoms with Crippen molar-refractivity contribution in [3.63, 3.8) is 0 Å². The third kappa shape index (κ3) is 3.62. The summed E-state index contributed by atoms with van der Waals surface area (Å²) in [7, 11) is 0. The lowest BCUT2D eigenvalue weighted by Crippen LogP contribution is -2.24. The SMILES string of the molecule is O=C(OC(F)F)C(=C(F)F)C(F)(F)F. The van der Waals surface area contributed by atoms with Gasteiger partial charge in [0.15, 0.2) is 0 Å². The number of alkyl halides is 5. The summed E-state index contributed by atoms with van der Waals surface area (Å²) in [6, 6.07) is 0. The molecule has 0 spiro atoms. The molecule has 0 saturated carbocycles. The highest BCUT2D eigenvalue weighted by atomic mass is 19.4. The molecule has 0 aliphatic rings. The molecule has 0 rings (SSSR count). The van der Waals surface area contributed by atoms with E-state index in [1.54, 1.807) is 0 Å². The minimum atomic E-state index is -5.73. The highest BCUT2D eigenvalue weighted by Gasteiger charge is 2.44. The second kappa shape index (κ2) is 4.29. The van der Waals surface area contributed by atoms with Crippen LogP contribution in [0.1, 0.15) is 0 Å².